The highest BCUT2D eigenvalue weighted by molar-refractivity contribution is 5.31. The van der Waals surface area contributed by atoms with Crippen LogP contribution in [-0.2, 0) is 9.47 Å². The second-order valence-electron chi connectivity index (χ2n) is 3.70. The first-order valence-corrected chi connectivity index (χ1v) is 4.79. The lowest BCUT2D eigenvalue weighted by Crippen LogP contribution is -2.16. The summed E-state index contributed by atoms with van der Waals surface area (Å²) in [6.07, 6.45) is 12.8. The maximum absolute atomic E-state index is 8.36. The topological polar surface area (TPSA) is 66.0 Å². The van der Waals surface area contributed by atoms with E-state index in [1.807, 2.05) is 37.3 Å². The summed E-state index contributed by atoms with van der Waals surface area (Å²) in [4.78, 5) is 0. The fourth-order valence-corrected chi connectivity index (χ4v) is 1.30. The molecule has 0 aliphatic heterocycles. The Hall–Kier alpha value is -2.20. The van der Waals surface area contributed by atoms with Gasteiger partial charge in [-0.1, -0.05) is 30.4 Å². The molecule has 4 heteroatoms. The van der Waals surface area contributed by atoms with Gasteiger partial charge in [0.25, 0.3) is 12.5 Å². The van der Waals surface area contributed by atoms with Crippen LogP contribution in [0.25, 0.3) is 0 Å². The molecule has 0 radical (unpaired) electrons. The summed E-state index contributed by atoms with van der Waals surface area (Å²) in [7, 11) is 0. The summed E-state index contributed by atoms with van der Waals surface area (Å²) in [6, 6.07) is 0. The molecule has 0 spiro atoms. The average molecular weight is 216 g/mol. The van der Waals surface area contributed by atoms with Crippen molar-refractivity contribution in [2.75, 3.05) is 13.2 Å². The van der Waals surface area contributed by atoms with E-state index in [0.29, 0.717) is 6.61 Å². The van der Waals surface area contributed by atoms with E-state index in [9.17, 15) is 0 Å². The van der Waals surface area contributed by atoms with Gasteiger partial charge < -0.3 is 9.47 Å². The third-order valence-electron chi connectivity index (χ3n) is 2.22. The van der Waals surface area contributed by atoms with Crippen molar-refractivity contribution < 1.29 is 9.47 Å². The highest BCUT2D eigenvalue weighted by Crippen LogP contribution is 2.24. The van der Waals surface area contributed by atoms with Crippen LogP contribution in [0.15, 0.2) is 36.0 Å². The van der Waals surface area contributed by atoms with Crippen molar-refractivity contribution >= 4 is 0 Å². The van der Waals surface area contributed by atoms with Crippen molar-refractivity contribution in [1.82, 2.24) is 0 Å². The van der Waals surface area contributed by atoms with Gasteiger partial charge in [0, 0.05) is 5.41 Å². The maximum atomic E-state index is 8.36. The molecule has 0 fully saturated rings. The number of rotatable bonds is 4. The van der Waals surface area contributed by atoms with Crippen LogP contribution < -0.4 is 0 Å². The summed E-state index contributed by atoms with van der Waals surface area (Å²) < 4.78 is 9.39. The van der Waals surface area contributed by atoms with Gasteiger partial charge in [0.05, 0.1) is 0 Å². The van der Waals surface area contributed by atoms with Crippen LogP contribution in [0, 0.1) is 28.4 Å². The Balaban J connectivity index is 2.66. The standard InChI is InChI=1S/C12H12N2O2/c1-12(8-16-10-14)5-2-3-11(4-6-12)7-15-9-13/h2-6H,7-8H2,1H3. The number of hydrogen-bond donors (Lipinski definition) is 0. The van der Waals surface area contributed by atoms with E-state index in [0.717, 1.165) is 5.57 Å². The molecule has 1 aliphatic carbocycles. The first kappa shape index (κ1) is 11.9. The first-order valence-electron chi connectivity index (χ1n) is 4.79. The highest BCUT2D eigenvalue weighted by atomic mass is 16.5. The lowest BCUT2D eigenvalue weighted by atomic mass is 9.91. The molecule has 0 N–H and O–H groups in total. The van der Waals surface area contributed by atoms with Crippen LogP contribution in [0.3, 0.4) is 0 Å². The third-order valence-corrected chi connectivity index (χ3v) is 2.22. The molecule has 0 saturated carbocycles. The predicted molar refractivity (Wildman–Crippen MR) is 57.6 cm³/mol. The van der Waals surface area contributed by atoms with Crippen molar-refractivity contribution in [3.05, 3.63) is 36.0 Å². The van der Waals surface area contributed by atoms with Gasteiger partial charge in [0.2, 0.25) is 0 Å². The van der Waals surface area contributed by atoms with E-state index in [2.05, 4.69) is 4.74 Å². The Labute approximate surface area is 94.7 Å². The van der Waals surface area contributed by atoms with Gasteiger partial charge >= 0.3 is 0 Å². The summed E-state index contributed by atoms with van der Waals surface area (Å²) in [5, 5.41) is 16.6. The van der Waals surface area contributed by atoms with E-state index >= 15 is 0 Å². The minimum atomic E-state index is -0.305. The minimum absolute atomic E-state index is 0.256. The van der Waals surface area contributed by atoms with E-state index in [1.165, 1.54) is 0 Å². The van der Waals surface area contributed by atoms with Crippen molar-refractivity contribution in [2.45, 2.75) is 6.92 Å². The molecule has 16 heavy (non-hydrogen) atoms. The zero-order valence-electron chi connectivity index (χ0n) is 9.01. The molecule has 4 nitrogen and oxygen atoms in total. The third kappa shape index (κ3) is 3.51. The lowest BCUT2D eigenvalue weighted by molar-refractivity contribution is 0.204. The first-order chi connectivity index (χ1) is 7.70. The zero-order chi connectivity index (χ0) is 11.9. The summed E-state index contributed by atoms with van der Waals surface area (Å²) in [6.45, 7) is 2.52. The highest BCUT2D eigenvalue weighted by Gasteiger charge is 2.19. The van der Waals surface area contributed by atoms with E-state index < -0.39 is 0 Å². The lowest BCUT2D eigenvalue weighted by Gasteiger charge is -2.18. The fourth-order valence-electron chi connectivity index (χ4n) is 1.30. The molecule has 1 unspecified atom stereocenters. The van der Waals surface area contributed by atoms with Crippen LogP contribution in [0.4, 0.5) is 0 Å². The molecule has 0 saturated heterocycles. The molecule has 0 bridgehead atoms. The van der Waals surface area contributed by atoms with Gasteiger partial charge in [-0.05, 0) is 12.5 Å². The van der Waals surface area contributed by atoms with Crippen LogP contribution >= 0.6 is 0 Å². The molecule has 0 amide bonds. The second-order valence-corrected chi connectivity index (χ2v) is 3.70. The minimum Gasteiger partial charge on any atom is -0.426 e. The molecule has 0 aromatic carbocycles. The molecule has 1 atom stereocenters. The number of nitrogens with zero attached hydrogens (tertiary/aromatic N) is 2. The molecule has 82 valence electrons. The van der Waals surface area contributed by atoms with Crippen molar-refractivity contribution in [1.29, 1.82) is 10.5 Å². The van der Waals surface area contributed by atoms with E-state index in [4.69, 9.17) is 15.3 Å². The van der Waals surface area contributed by atoms with Crippen LogP contribution in [0.2, 0.25) is 0 Å². The monoisotopic (exact) mass is 216 g/mol. The number of ether oxygens (including phenoxy) is 2. The Bertz CT molecular complexity index is 410. The summed E-state index contributed by atoms with van der Waals surface area (Å²) in [5.41, 5.74) is 0.596. The molecular formula is C12H12N2O2. The van der Waals surface area contributed by atoms with Crippen molar-refractivity contribution in [3.8, 4) is 12.5 Å². The number of hydrogen-bond acceptors (Lipinski definition) is 4. The second kappa shape index (κ2) is 5.63. The van der Waals surface area contributed by atoms with Crippen molar-refractivity contribution in [2.24, 2.45) is 5.41 Å². The molecular weight excluding hydrogens is 204 g/mol. The average Bonchev–Trinajstić information content (AvgIpc) is 2.47. The Morgan fingerprint density at radius 2 is 2.00 bits per heavy atom. The van der Waals surface area contributed by atoms with Crippen LogP contribution in [0.1, 0.15) is 6.92 Å². The molecule has 0 aromatic rings. The van der Waals surface area contributed by atoms with Gasteiger partial charge in [0.1, 0.15) is 13.2 Å². The van der Waals surface area contributed by atoms with Gasteiger partial charge in [-0.3, -0.25) is 0 Å². The molecule has 0 heterocycles. The number of nitriles is 2. The smallest absolute Gasteiger partial charge is 0.286 e. The van der Waals surface area contributed by atoms with Gasteiger partial charge in [-0.15, -0.1) is 0 Å². The largest absolute Gasteiger partial charge is 0.426 e. The van der Waals surface area contributed by atoms with Gasteiger partial charge in [-0.25, -0.2) is 0 Å². The van der Waals surface area contributed by atoms with Crippen LogP contribution in [0.5, 0.6) is 0 Å². The number of allylic oxidation sites excluding steroid dienone is 2. The SMILES string of the molecule is CC1(COC#N)C=CC=C(COC#N)C=C1. The zero-order valence-corrected chi connectivity index (χ0v) is 9.01. The normalized spacial score (nSPS) is 22.6. The van der Waals surface area contributed by atoms with Crippen molar-refractivity contribution in [3.63, 3.8) is 0 Å². The van der Waals surface area contributed by atoms with Crippen LogP contribution in [-0.4, -0.2) is 13.2 Å². The molecule has 0 aromatic heterocycles. The Morgan fingerprint density at radius 3 is 2.69 bits per heavy atom. The van der Waals surface area contributed by atoms with Gasteiger partial charge in [0.15, 0.2) is 0 Å². The quantitative estimate of drug-likeness (QED) is 0.674. The Morgan fingerprint density at radius 1 is 1.25 bits per heavy atom. The van der Waals surface area contributed by atoms with E-state index in [1.54, 1.807) is 12.5 Å². The fraction of sp³-hybridized carbons (Fsp3) is 0.333. The van der Waals surface area contributed by atoms with Gasteiger partial charge in [-0.2, -0.15) is 10.5 Å². The molecule has 1 rings (SSSR count). The summed E-state index contributed by atoms with van der Waals surface area (Å²) in [5.74, 6) is 0. The van der Waals surface area contributed by atoms with E-state index in [-0.39, 0.29) is 12.0 Å². The maximum Gasteiger partial charge on any atom is 0.286 e. The molecule has 1 aliphatic rings. The predicted octanol–water partition coefficient (Wildman–Crippen LogP) is 2.04. The Kier molecular flexibility index (Phi) is 4.17. The summed E-state index contributed by atoms with van der Waals surface area (Å²) >= 11 is 0.